The van der Waals surface area contributed by atoms with E-state index in [1.165, 1.54) is 12.4 Å². The van der Waals surface area contributed by atoms with Crippen LogP contribution in [-0.4, -0.2) is 29.5 Å². The molecular formula is C25H28N8O2. The summed E-state index contributed by atoms with van der Waals surface area (Å²) in [6.45, 7) is 2.86. The normalized spacial score (nSPS) is 12.9. The number of amides is 1. The lowest BCUT2D eigenvalue weighted by atomic mass is 9.92. The maximum absolute atomic E-state index is 12.4. The average molecular weight is 473 g/mol. The Morgan fingerprint density at radius 2 is 2.03 bits per heavy atom. The van der Waals surface area contributed by atoms with Crippen molar-refractivity contribution in [1.82, 2.24) is 15.4 Å². The Hall–Kier alpha value is -4.57. The summed E-state index contributed by atoms with van der Waals surface area (Å²) in [4.78, 5) is 21.6. The van der Waals surface area contributed by atoms with Gasteiger partial charge in [-0.15, -0.1) is 0 Å². The van der Waals surface area contributed by atoms with Crippen molar-refractivity contribution in [3.05, 3.63) is 77.3 Å². The lowest BCUT2D eigenvalue weighted by Crippen LogP contribution is -2.17. The standard InChI is InChI=1S/C25H28N8O2/c1-14-6-7-18-17(12-30-33-18)22(14)16-10-20(32-24(25(28)34)23(16)29-2)19-4-3-5-21(31-19)35-13-15(11-27)8-9-26/h3-11,29-30,33H,12-13,26-27H2,1-2H3,(H2,28,34)/b9-8-,15-11+. The summed E-state index contributed by atoms with van der Waals surface area (Å²) in [6, 6.07) is 11.3. The molecule has 0 radical (unpaired) electrons. The largest absolute Gasteiger partial charge is 0.473 e. The number of carbonyl (C=O) groups excluding carboxylic acids is 1. The molecule has 4 rings (SSSR count). The molecule has 3 aromatic rings. The number of hydrogen-bond donors (Lipinski definition) is 6. The number of nitrogens with zero attached hydrogens (tertiary/aromatic N) is 2. The van der Waals surface area contributed by atoms with Crippen LogP contribution in [0.25, 0.3) is 22.5 Å². The third-order valence-corrected chi connectivity index (χ3v) is 5.68. The molecule has 0 saturated carbocycles. The van der Waals surface area contributed by atoms with Gasteiger partial charge in [-0.2, -0.15) is 0 Å². The number of ether oxygens (including phenoxy) is 1. The molecule has 0 atom stereocenters. The fraction of sp³-hybridized carbons (Fsp3) is 0.160. The van der Waals surface area contributed by atoms with Crippen LogP contribution in [-0.2, 0) is 6.54 Å². The van der Waals surface area contributed by atoms with E-state index in [-0.39, 0.29) is 12.3 Å². The third kappa shape index (κ3) is 4.73. The van der Waals surface area contributed by atoms with Gasteiger partial charge in [0.25, 0.3) is 5.91 Å². The number of hydrogen-bond acceptors (Lipinski definition) is 9. The highest BCUT2D eigenvalue weighted by Crippen LogP contribution is 2.40. The molecule has 9 N–H and O–H groups in total. The van der Waals surface area contributed by atoms with E-state index in [2.05, 4.69) is 26.1 Å². The first-order valence-corrected chi connectivity index (χ1v) is 11.0. The summed E-state index contributed by atoms with van der Waals surface area (Å²) in [6.07, 6.45) is 4.46. The van der Waals surface area contributed by atoms with E-state index in [4.69, 9.17) is 21.9 Å². The first kappa shape index (κ1) is 23.6. The van der Waals surface area contributed by atoms with Gasteiger partial charge in [0, 0.05) is 42.6 Å². The second-order valence-corrected chi connectivity index (χ2v) is 7.91. The predicted octanol–water partition coefficient (Wildman–Crippen LogP) is 2.38. The summed E-state index contributed by atoms with van der Waals surface area (Å²) in [5.74, 6) is -0.267. The molecule has 1 amide bonds. The number of carbonyl (C=O) groups is 1. The van der Waals surface area contributed by atoms with Gasteiger partial charge in [0.15, 0.2) is 5.69 Å². The average Bonchev–Trinajstić information content (AvgIpc) is 3.34. The number of benzene rings is 1. The molecule has 10 nitrogen and oxygen atoms in total. The molecule has 0 unspecified atom stereocenters. The molecule has 0 saturated heterocycles. The van der Waals surface area contributed by atoms with Crippen LogP contribution in [0.2, 0.25) is 0 Å². The van der Waals surface area contributed by atoms with Crippen molar-refractivity contribution in [3.8, 4) is 28.4 Å². The quantitative estimate of drug-likeness (QED) is 0.270. The van der Waals surface area contributed by atoms with Crippen molar-refractivity contribution in [2.45, 2.75) is 13.5 Å². The van der Waals surface area contributed by atoms with Crippen LogP contribution in [0.15, 0.2) is 60.4 Å². The topological polar surface area (TPSA) is 166 Å². The van der Waals surface area contributed by atoms with E-state index in [0.717, 1.165) is 27.9 Å². The molecule has 0 bridgehead atoms. The Morgan fingerprint density at radius 3 is 2.74 bits per heavy atom. The number of primary amides is 1. The van der Waals surface area contributed by atoms with Crippen molar-refractivity contribution in [1.29, 1.82) is 0 Å². The molecule has 35 heavy (non-hydrogen) atoms. The minimum Gasteiger partial charge on any atom is -0.473 e. The number of rotatable bonds is 8. The number of nitrogens with two attached hydrogens (primary N) is 3. The fourth-order valence-electron chi connectivity index (χ4n) is 4.04. The summed E-state index contributed by atoms with van der Waals surface area (Å²) in [5.41, 5.74) is 30.4. The maximum atomic E-state index is 12.4. The molecule has 3 heterocycles. The first-order valence-electron chi connectivity index (χ1n) is 11.0. The number of fused-ring (bicyclic) bond motifs is 1. The minimum atomic E-state index is -0.641. The van der Waals surface area contributed by atoms with E-state index >= 15 is 0 Å². The van der Waals surface area contributed by atoms with Crippen molar-refractivity contribution in [3.63, 3.8) is 0 Å². The fourth-order valence-corrected chi connectivity index (χ4v) is 4.04. The van der Waals surface area contributed by atoms with Gasteiger partial charge < -0.3 is 32.7 Å². The van der Waals surface area contributed by atoms with Crippen LogP contribution in [0, 0.1) is 6.92 Å². The maximum Gasteiger partial charge on any atom is 0.269 e. The van der Waals surface area contributed by atoms with Crippen molar-refractivity contribution >= 4 is 17.3 Å². The smallest absolute Gasteiger partial charge is 0.269 e. The van der Waals surface area contributed by atoms with Gasteiger partial charge in [0.1, 0.15) is 6.61 Å². The number of aromatic nitrogens is 2. The second-order valence-electron chi connectivity index (χ2n) is 7.91. The predicted molar refractivity (Wildman–Crippen MR) is 137 cm³/mol. The van der Waals surface area contributed by atoms with Crippen molar-refractivity contribution < 1.29 is 9.53 Å². The van der Waals surface area contributed by atoms with Crippen molar-refractivity contribution in [2.24, 2.45) is 17.2 Å². The number of pyridine rings is 2. The van der Waals surface area contributed by atoms with Crippen LogP contribution in [0.3, 0.4) is 0 Å². The molecule has 180 valence electrons. The monoisotopic (exact) mass is 472 g/mol. The molecule has 0 fully saturated rings. The van der Waals surface area contributed by atoms with Gasteiger partial charge in [-0.05, 0) is 48.5 Å². The van der Waals surface area contributed by atoms with Gasteiger partial charge in [0.2, 0.25) is 5.88 Å². The molecule has 1 aliphatic rings. The number of nitrogens with one attached hydrogen (secondary N) is 3. The molecule has 0 spiro atoms. The Labute approximate surface area is 203 Å². The van der Waals surface area contributed by atoms with E-state index in [1.54, 1.807) is 31.3 Å². The number of aryl methyl sites for hydroxylation is 1. The zero-order chi connectivity index (χ0) is 24.9. The third-order valence-electron chi connectivity index (χ3n) is 5.68. The van der Waals surface area contributed by atoms with Crippen LogP contribution in [0.1, 0.15) is 21.6 Å². The molecule has 1 aliphatic heterocycles. The Balaban J connectivity index is 1.83. The highest BCUT2D eigenvalue weighted by Gasteiger charge is 2.24. The van der Waals surface area contributed by atoms with E-state index in [1.807, 2.05) is 25.1 Å². The first-order chi connectivity index (χ1) is 17.0. The van der Waals surface area contributed by atoms with Crippen molar-refractivity contribution in [2.75, 3.05) is 24.4 Å². The van der Waals surface area contributed by atoms with Crippen LogP contribution in [0.5, 0.6) is 5.88 Å². The molecule has 1 aromatic carbocycles. The van der Waals surface area contributed by atoms with E-state index in [9.17, 15) is 4.79 Å². The zero-order valence-corrected chi connectivity index (χ0v) is 19.6. The Morgan fingerprint density at radius 1 is 1.20 bits per heavy atom. The van der Waals surface area contributed by atoms with Gasteiger partial charge in [-0.3, -0.25) is 4.79 Å². The molecule has 0 aliphatic carbocycles. The van der Waals surface area contributed by atoms with Crippen LogP contribution in [0.4, 0.5) is 11.4 Å². The van der Waals surface area contributed by atoms with Gasteiger partial charge in [-0.25, -0.2) is 15.4 Å². The van der Waals surface area contributed by atoms with Crippen LogP contribution >= 0.6 is 0 Å². The highest BCUT2D eigenvalue weighted by molar-refractivity contribution is 6.02. The minimum absolute atomic E-state index is 0.130. The lowest BCUT2D eigenvalue weighted by molar-refractivity contribution is 0.0996. The summed E-state index contributed by atoms with van der Waals surface area (Å²) in [7, 11) is 1.74. The van der Waals surface area contributed by atoms with E-state index < -0.39 is 5.91 Å². The molecular weight excluding hydrogens is 444 g/mol. The number of anilines is 2. The SMILES string of the molecule is CNc1c(-c2c(C)ccc3c2CNN3)cc(-c2cccc(OCC(/C=C\N)=C/N)n2)nc1C(N)=O. The lowest BCUT2D eigenvalue weighted by Gasteiger charge is -2.18. The summed E-state index contributed by atoms with van der Waals surface area (Å²) in [5, 5.41) is 3.12. The van der Waals surface area contributed by atoms with Gasteiger partial charge in [-0.1, -0.05) is 12.1 Å². The zero-order valence-electron chi connectivity index (χ0n) is 19.6. The van der Waals surface area contributed by atoms with E-state index in [0.29, 0.717) is 35.1 Å². The van der Waals surface area contributed by atoms with Gasteiger partial charge >= 0.3 is 0 Å². The molecule has 2 aromatic heterocycles. The second kappa shape index (κ2) is 10.1. The summed E-state index contributed by atoms with van der Waals surface area (Å²) >= 11 is 0. The summed E-state index contributed by atoms with van der Waals surface area (Å²) < 4.78 is 5.78. The number of hydrazine groups is 1. The van der Waals surface area contributed by atoms with Gasteiger partial charge in [0.05, 0.1) is 22.8 Å². The Bertz CT molecular complexity index is 1330. The van der Waals surface area contributed by atoms with Crippen LogP contribution < -0.4 is 38.1 Å². The molecule has 10 heteroatoms. The highest BCUT2D eigenvalue weighted by atomic mass is 16.5. The Kier molecular flexibility index (Phi) is 6.83.